The first-order chi connectivity index (χ1) is 10.2. The van der Waals surface area contributed by atoms with E-state index in [1.807, 2.05) is 12.3 Å². The minimum atomic E-state index is -0.108. The summed E-state index contributed by atoms with van der Waals surface area (Å²) >= 11 is 1.67. The highest BCUT2D eigenvalue weighted by Crippen LogP contribution is 2.17. The Kier molecular flexibility index (Phi) is 5.93. The van der Waals surface area contributed by atoms with Gasteiger partial charge in [0.15, 0.2) is 5.82 Å². The Hall–Kier alpha value is -1.68. The predicted octanol–water partition coefficient (Wildman–Crippen LogP) is 2.06. The summed E-state index contributed by atoms with van der Waals surface area (Å²) < 4.78 is 5.23. The minimum absolute atomic E-state index is 0.108. The maximum Gasteiger partial charge on any atom is 0.240 e. The molecule has 0 saturated carbocycles. The minimum Gasteiger partial charge on any atom is -0.384 e. The number of thiophene rings is 1. The van der Waals surface area contributed by atoms with Crippen molar-refractivity contribution in [1.29, 1.82) is 0 Å². The van der Waals surface area contributed by atoms with E-state index >= 15 is 0 Å². The van der Waals surface area contributed by atoms with Gasteiger partial charge in [0, 0.05) is 28.8 Å². The van der Waals surface area contributed by atoms with Crippen molar-refractivity contribution >= 4 is 11.3 Å². The molecule has 0 amide bonds. The van der Waals surface area contributed by atoms with Crippen LogP contribution in [0.2, 0.25) is 0 Å². The number of aryl methyl sites for hydroxylation is 1. The summed E-state index contributed by atoms with van der Waals surface area (Å²) in [5.74, 6) is 6.98. The number of hydrogen-bond acceptors (Lipinski definition) is 6. The molecule has 0 saturated heterocycles. The zero-order valence-corrected chi connectivity index (χ0v) is 13.1. The van der Waals surface area contributed by atoms with Gasteiger partial charge in [0.05, 0.1) is 6.54 Å². The summed E-state index contributed by atoms with van der Waals surface area (Å²) in [5.41, 5.74) is 0.950. The van der Waals surface area contributed by atoms with Crippen LogP contribution >= 0.6 is 11.3 Å². The Morgan fingerprint density at radius 1 is 1.38 bits per heavy atom. The number of aromatic nitrogens is 2. The molecule has 0 spiro atoms. The highest BCUT2D eigenvalue weighted by molar-refractivity contribution is 7.10. The monoisotopic (exact) mass is 305 g/mol. The molecule has 0 fully saturated rings. The fraction of sp³-hybridized carbons (Fsp3) is 0.467. The van der Waals surface area contributed by atoms with E-state index in [4.69, 9.17) is 9.63 Å². The van der Waals surface area contributed by atoms with E-state index in [9.17, 15) is 0 Å². The Bertz CT molecular complexity index is 624. The van der Waals surface area contributed by atoms with E-state index in [-0.39, 0.29) is 6.61 Å². The van der Waals surface area contributed by atoms with Crippen molar-refractivity contribution < 1.29 is 9.63 Å². The molecule has 0 aliphatic carbocycles. The normalized spacial score (nSPS) is 10.7. The van der Waals surface area contributed by atoms with E-state index in [1.54, 1.807) is 11.3 Å². The van der Waals surface area contributed by atoms with Gasteiger partial charge in [-0.2, -0.15) is 4.98 Å². The number of aliphatic hydroxyl groups excluding tert-OH is 1. The second-order valence-corrected chi connectivity index (χ2v) is 5.52. The lowest BCUT2D eigenvalue weighted by molar-refractivity contribution is 0.230. The van der Waals surface area contributed by atoms with Gasteiger partial charge >= 0.3 is 0 Å². The summed E-state index contributed by atoms with van der Waals surface area (Å²) in [6.45, 7) is 6.39. The topological polar surface area (TPSA) is 62.4 Å². The van der Waals surface area contributed by atoms with Gasteiger partial charge in [0.1, 0.15) is 6.61 Å². The number of nitrogens with zero attached hydrogens (tertiary/aromatic N) is 3. The Morgan fingerprint density at radius 3 is 2.90 bits per heavy atom. The van der Waals surface area contributed by atoms with E-state index in [2.05, 4.69) is 39.9 Å². The maximum absolute atomic E-state index is 8.70. The summed E-state index contributed by atoms with van der Waals surface area (Å²) in [5, 5.41) is 14.6. The Morgan fingerprint density at radius 2 is 2.24 bits per heavy atom. The molecule has 0 radical (unpaired) electrons. The molecule has 0 unspecified atom stereocenters. The lowest BCUT2D eigenvalue weighted by Gasteiger charge is -2.16. The predicted molar refractivity (Wildman–Crippen MR) is 81.7 cm³/mol. The summed E-state index contributed by atoms with van der Waals surface area (Å²) in [6, 6.07) is 2.06. The lowest BCUT2D eigenvalue weighted by atomic mass is 10.3. The molecule has 6 heteroatoms. The van der Waals surface area contributed by atoms with Crippen LogP contribution in [-0.4, -0.2) is 33.3 Å². The van der Waals surface area contributed by atoms with Crippen LogP contribution in [0, 0.1) is 11.8 Å². The molecule has 2 heterocycles. The van der Waals surface area contributed by atoms with Crippen LogP contribution in [0.3, 0.4) is 0 Å². The summed E-state index contributed by atoms with van der Waals surface area (Å²) in [6.07, 6.45) is 0.785. The average Bonchev–Trinajstić information content (AvgIpc) is 3.13. The fourth-order valence-electron chi connectivity index (χ4n) is 1.86. The van der Waals surface area contributed by atoms with Gasteiger partial charge in [-0.15, -0.1) is 11.3 Å². The van der Waals surface area contributed by atoms with Crippen LogP contribution in [0.1, 0.15) is 36.0 Å². The third kappa shape index (κ3) is 4.67. The number of hydrogen-bond donors (Lipinski definition) is 1. The molecule has 5 nitrogen and oxygen atoms in total. The van der Waals surface area contributed by atoms with Crippen molar-refractivity contribution in [2.45, 2.75) is 33.4 Å². The van der Waals surface area contributed by atoms with Gasteiger partial charge in [-0.1, -0.05) is 30.8 Å². The molecular weight excluding hydrogens is 286 g/mol. The van der Waals surface area contributed by atoms with E-state index in [0.29, 0.717) is 12.4 Å². The molecular formula is C15H19N3O2S. The van der Waals surface area contributed by atoms with Crippen LogP contribution < -0.4 is 0 Å². The van der Waals surface area contributed by atoms with Crippen molar-refractivity contribution in [2.24, 2.45) is 0 Å². The zero-order chi connectivity index (χ0) is 15.1. The highest BCUT2D eigenvalue weighted by Gasteiger charge is 2.11. The van der Waals surface area contributed by atoms with Crippen molar-refractivity contribution in [1.82, 2.24) is 15.0 Å². The van der Waals surface area contributed by atoms with Crippen LogP contribution in [-0.2, 0) is 19.5 Å². The first-order valence-corrected chi connectivity index (χ1v) is 7.84. The zero-order valence-electron chi connectivity index (χ0n) is 12.3. The molecule has 0 bridgehead atoms. The molecule has 21 heavy (non-hydrogen) atoms. The van der Waals surface area contributed by atoms with Gasteiger partial charge < -0.3 is 9.63 Å². The molecule has 0 atom stereocenters. The largest absolute Gasteiger partial charge is 0.384 e. The number of rotatable bonds is 6. The fourth-order valence-corrected chi connectivity index (χ4v) is 2.72. The molecule has 0 aromatic carbocycles. The molecule has 2 rings (SSSR count). The molecule has 0 aliphatic rings. The molecule has 0 aliphatic heterocycles. The van der Waals surface area contributed by atoms with E-state index in [1.165, 1.54) is 4.88 Å². The molecule has 2 aromatic rings. The van der Waals surface area contributed by atoms with Crippen molar-refractivity contribution in [3.63, 3.8) is 0 Å². The Labute approximate surface area is 128 Å². The first-order valence-electron chi connectivity index (χ1n) is 6.96. The molecule has 1 N–H and O–H groups in total. The molecule has 112 valence electrons. The van der Waals surface area contributed by atoms with Crippen molar-refractivity contribution in [3.05, 3.63) is 33.6 Å². The first kappa shape index (κ1) is 15.7. The van der Waals surface area contributed by atoms with Crippen LogP contribution in [0.15, 0.2) is 16.0 Å². The van der Waals surface area contributed by atoms with Gasteiger partial charge in [0.25, 0.3) is 0 Å². The van der Waals surface area contributed by atoms with Gasteiger partial charge in [-0.3, -0.25) is 4.90 Å². The third-order valence-electron chi connectivity index (χ3n) is 2.98. The van der Waals surface area contributed by atoms with Gasteiger partial charge in [-0.25, -0.2) is 0 Å². The van der Waals surface area contributed by atoms with Crippen molar-refractivity contribution in [2.75, 3.05) is 13.2 Å². The quantitative estimate of drug-likeness (QED) is 0.828. The lowest BCUT2D eigenvalue weighted by Crippen LogP contribution is -2.22. The van der Waals surface area contributed by atoms with Crippen LogP contribution in [0.25, 0.3) is 0 Å². The third-order valence-corrected chi connectivity index (χ3v) is 3.90. The Balaban J connectivity index is 1.96. The smallest absolute Gasteiger partial charge is 0.240 e. The molecule has 2 aromatic heterocycles. The van der Waals surface area contributed by atoms with E-state index in [0.717, 1.165) is 30.9 Å². The van der Waals surface area contributed by atoms with Gasteiger partial charge in [-0.05, 0) is 12.6 Å². The van der Waals surface area contributed by atoms with Crippen molar-refractivity contribution in [3.8, 4) is 11.8 Å². The summed E-state index contributed by atoms with van der Waals surface area (Å²) in [4.78, 5) is 7.81. The SMILES string of the molecule is CCc1noc(CN(CC)Cc2cc(C#CCO)cs2)n1. The average molecular weight is 305 g/mol. The second kappa shape index (κ2) is 7.93. The highest BCUT2D eigenvalue weighted by atomic mass is 32.1. The van der Waals surface area contributed by atoms with Crippen LogP contribution in [0.4, 0.5) is 0 Å². The maximum atomic E-state index is 8.70. The second-order valence-electron chi connectivity index (χ2n) is 4.52. The van der Waals surface area contributed by atoms with E-state index < -0.39 is 0 Å². The number of aliphatic hydroxyl groups is 1. The van der Waals surface area contributed by atoms with Gasteiger partial charge in [0.2, 0.25) is 5.89 Å². The van der Waals surface area contributed by atoms with Crippen LogP contribution in [0.5, 0.6) is 0 Å². The summed E-state index contributed by atoms with van der Waals surface area (Å²) in [7, 11) is 0. The standard InChI is InChI=1S/C15H19N3O2S/c1-3-14-16-15(20-17-14)10-18(4-2)9-13-8-12(11-21-13)6-5-7-19/h8,11,19H,3-4,7,9-10H2,1-2H3.